The minimum Gasteiger partial charge on any atom is -0.493 e. The summed E-state index contributed by atoms with van der Waals surface area (Å²) in [6.07, 6.45) is 2.18. The highest BCUT2D eigenvalue weighted by molar-refractivity contribution is 5.85. The van der Waals surface area contributed by atoms with Crippen LogP contribution in [-0.4, -0.2) is 19.7 Å². The molecule has 23 heavy (non-hydrogen) atoms. The monoisotopic (exact) mass is 335 g/mol. The average molecular weight is 336 g/mol. The van der Waals surface area contributed by atoms with E-state index < -0.39 is 0 Å². The zero-order valence-corrected chi connectivity index (χ0v) is 14.5. The van der Waals surface area contributed by atoms with Crippen molar-refractivity contribution >= 4 is 12.4 Å². The third-order valence-electron chi connectivity index (χ3n) is 3.25. The minimum absolute atomic E-state index is 0. The van der Waals surface area contributed by atoms with Gasteiger partial charge in [-0.25, -0.2) is 0 Å². The number of hydrogen-bond acceptors (Lipinski definition) is 3. The molecule has 0 fully saturated rings. The molecule has 3 nitrogen and oxygen atoms in total. The van der Waals surface area contributed by atoms with Gasteiger partial charge in [0.25, 0.3) is 0 Å². The first-order chi connectivity index (χ1) is 10.9. The molecule has 4 heteroatoms. The molecule has 0 aromatic heterocycles. The van der Waals surface area contributed by atoms with Gasteiger partial charge in [-0.05, 0) is 43.6 Å². The Balaban J connectivity index is 0.00000264. The van der Waals surface area contributed by atoms with Gasteiger partial charge in [0, 0.05) is 6.07 Å². The molecule has 0 aliphatic carbocycles. The van der Waals surface area contributed by atoms with Crippen molar-refractivity contribution in [2.75, 3.05) is 19.7 Å². The van der Waals surface area contributed by atoms with Crippen LogP contribution in [0.2, 0.25) is 0 Å². The molecule has 0 aliphatic heterocycles. The molecule has 2 aromatic rings. The van der Waals surface area contributed by atoms with Gasteiger partial charge in [0.05, 0.1) is 6.61 Å². The van der Waals surface area contributed by atoms with E-state index >= 15 is 0 Å². The fraction of sp³-hybridized carbons (Fsp3) is 0.368. The predicted octanol–water partition coefficient (Wildman–Crippen LogP) is 4.46. The van der Waals surface area contributed by atoms with E-state index in [-0.39, 0.29) is 12.4 Å². The van der Waals surface area contributed by atoms with Crippen LogP contribution in [0.1, 0.15) is 25.3 Å². The van der Waals surface area contributed by atoms with Crippen molar-refractivity contribution in [3.8, 4) is 11.5 Å². The first kappa shape index (κ1) is 19.3. The van der Waals surface area contributed by atoms with E-state index in [0.717, 1.165) is 43.2 Å². The second-order valence-corrected chi connectivity index (χ2v) is 5.20. The van der Waals surface area contributed by atoms with Crippen molar-refractivity contribution in [1.82, 2.24) is 5.32 Å². The molecule has 0 saturated heterocycles. The molecule has 0 radical (unpaired) electrons. The second-order valence-electron chi connectivity index (χ2n) is 5.20. The molecule has 0 saturated carbocycles. The lowest BCUT2D eigenvalue weighted by Crippen LogP contribution is -2.18. The third kappa shape index (κ3) is 7.91. The standard InChI is InChI=1S/C19H25NO2.ClH/c1-2-12-20-13-7-14-21-18-10-6-11-19(15-18)22-16-17-8-4-3-5-9-17;/h3-6,8-11,15,20H,2,7,12-14,16H2,1H3;1H. The number of halogens is 1. The molecule has 0 bridgehead atoms. The van der Waals surface area contributed by atoms with Crippen LogP contribution in [0.25, 0.3) is 0 Å². The van der Waals surface area contributed by atoms with Gasteiger partial charge in [0.1, 0.15) is 18.1 Å². The maximum atomic E-state index is 5.80. The van der Waals surface area contributed by atoms with Crippen molar-refractivity contribution in [3.05, 3.63) is 60.2 Å². The Hall–Kier alpha value is -1.71. The second kappa shape index (κ2) is 11.8. The zero-order chi connectivity index (χ0) is 15.5. The van der Waals surface area contributed by atoms with Crippen LogP contribution >= 0.6 is 12.4 Å². The molecular weight excluding hydrogens is 310 g/mol. The van der Waals surface area contributed by atoms with Gasteiger partial charge in [0.15, 0.2) is 0 Å². The number of nitrogens with one attached hydrogen (secondary N) is 1. The van der Waals surface area contributed by atoms with E-state index in [2.05, 4.69) is 24.4 Å². The van der Waals surface area contributed by atoms with E-state index in [4.69, 9.17) is 9.47 Å². The van der Waals surface area contributed by atoms with Crippen LogP contribution in [-0.2, 0) is 6.61 Å². The molecule has 0 unspecified atom stereocenters. The van der Waals surface area contributed by atoms with Gasteiger partial charge in [-0.2, -0.15) is 0 Å². The first-order valence-electron chi connectivity index (χ1n) is 7.99. The lowest BCUT2D eigenvalue weighted by Gasteiger charge is -2.10. The highest BCUT2D eigenvalue weighted by atomic mass is 35.5. The molecule has 0 atom stereocenters. The van der Waals surface area contributed by atoms with Gasteiger partial charge in [-0.15, -0.1) is 12.4 Å². The first-order valence-corrected chi connectivity index (χ1v) is 7.99. The number of rotatable bonds is 10. The lowest BCUT2D eigenvalue weighted by molar-refractivity contribution is 0.291. The summed E-state index contributed by atoms with van der Waals surface area (Å²) in [5, 5.41) is 3.37. The fourth-order valence-corrected chi connectivity index (χ4v) is 2.08. The lowest BCUT2D eigenvalue weighted by atomic mass is 10.2. The van der Waals surface area contributed by atoms with Gasteiger partial charge in [0.2, 0.25) is 0 Å². The van der Waals surface area contributed by atoms with Crippen LogP contribution in [0.3, 0.4) is 0 Å². The predicted molar refractivity (Wildman–Crippen MR) is 97.7 cm³/mol. The summed E-state index contributed by atoms with van der Waals surface area (Å²) in [5.74, 6) is 1.70. The highest BCUT2D eigenvalue weighted by Gasteiger charge is 1.99. The summed E-state index contributed by atoms with van der Waals surface area (Å²) in [7, 11) is 0. The molecular formula is C19H26ClNO2. The molecule has 1 N–H and O–H groups in total. The van der Waals surface area contributed by atoms with Crippen LogP contribution in [0.5, 0.6) is 11.5 Å². The Labute approximate surface area is 145 Å². The molecule has 126 valence electrons. The Morgan fingerprint density at radius 3 is 2.35 bits per heavy atom. The Bertz CT molecular complexity index is 534. The van der Waals surface area contributed by atoms with E-state index in [9.17, 15) is 0 Å². The minimum atomic E-state index is 0. The topological polar surface area (TPSA) is 30.5 Å². The molecule has 0 amide bonds. The van der Waals surface area contributed by atoms with Crippen molar-refractivity contribution in [1.29, 1.82) is 0 Å². The van der Waals surface area contributed by atoms with E-state index in [1.54, 1.807) is 0 Å². The van der Waals surface area contributed by atoms with Crippen LogP contribution < -0.4 is 14.8 Å². The van der Waals surface area contributed by atoms with Crippen molar-refractivity contribution in [3.63, 3.8) is 0 Å². The van der Waals surface area contributed by atoms with Crippen molar-refractivity contribution < 1.29 is 9.47 Å². The van der Waals surface area contributed by atoms with E-state index in [1.165, 1.54) is 6.42 Å². The van der Waals surface area contributed by atoms with Crippen molar-refractivity contribution in [2.45, 2.75) is 26.4 Å². The van der Waals surface area contributed by atoms with Gasteiger partial charge >= 0.3 is 0 Å². The fourth-order valence-electron chi connectivity index (χ4n) is 2.08. The summed E-state index contributed by atoms with van der Waals surface area (Å²) in [6.45, 7) is 5.54. The Morgan fingerprint density at radius 1 is 0.870 bits per heavy atom. The summed E-state index contributed by atoms with van der Waals surface area (Å²) in [6, 6.07) is 18.0. The quantitative estimate of drug-likeness (QED) is 0.650. The van der Waals surface area contributed by atoms with E-state index in [1.807, 2.05) is 42.5 Å². The van der Waals surface area contributed by atoms with Gasteiger partial charge < -0.3 is 14.8 Å². The number of hydrogen-bond donors (Lipinski definition) is 1. The Kier molecular flexibility index (Phi) is 9.92. The molecule has 0 heterocycles. The largest absolute Gasteiger partial charge is 0.493 e. The maximum Gasteiger partial charge on any atom is 0.123 e. The summed E-state index contributed by atoms with van der Waals surface area (Å²) < 4.78 is 11.6. The van der Waals surface area contributed by atoms with Gasteiger partial charge in [-0.3, -0.25) is 0 Å². The SMILES string of the molecule is CCCNCCCOc1cccc(OCc2ccccc2)c1.Cl. The molecule has 0 aliphatic rings. The number of ether oxygens (including phenoxy) is 2. The van der Waals surface area contributed by atoms with Gasteiger partial charge in [-0.1, -0.05) is 43.3 Å². The Morgan fingerprint density at radius 2 is 1.61 bits per heavy atom. The molecule has 2 rings (SSSR count). The number of benzene rings is 2. The summed E-state index contributed by atoms with van der Waals surface area (Å²) in [5.41, 5.74) is 1.16. The zero-order valence-electron chi connectivity index (χ0n) is 13.7. The van der Waals surface area contributed by atoms with E-state index in [0.29, 0.717) is 6.61 Å². The van der Waals surface area contributed by atoms with Crippen LogP contribution in [0.4, 0.5) is 0 Å². The highest BCUT2D eigenvalue weighted by Crippen LogP contribution is 2.20. The molecule has 2 aromatic carbocycles. The summed E-state index contributed by atoms with van der Waals surface area (Å²) in [4.78, 5) is 0. The van der Waals surface area contributed by atoms with Crippen molar-refractivity contribution in [2.24, 2.45) is 0 Å². The van der Waals surface area contributed by atoms with Crippen LogP contribution in [0.15, 0.2) is 54.6 Å². The normalized spacial score (nSPS) is 9.96. The van der Waals surface area contributed by atoms with Crippen LogP contribution in [0, 0.1) is 0 Å². The summed E-state index contributed by atoms with van der Waals surface area (Å²) >= 11 is 0. The maximum absolute atomic E-state index is 5.80. The molecule has 0 spiro atoms. The smallest absolute Gasteiger partial charge is 0.123 e. The third-order valence-corrected chi connectivity index (χ3v) is 3.25. The average Bonchev–Trinajstić information content (AvgIpc) is 2.57.